The Hall–Kier alpha value is -2.49. The summed E-state index contributed by atoms with van der Waals surface area (Å²) < 4.78 is 0. The minimum Gasteiger partial charge on any atom is -0.507 e. The van der Waals surface area contributed by atoms with Gasteiger partial charge in [0.15, 0.2) is 0 Å². The second-order valence-corrected chi connectivity index (χ2v) is 5.02. The fourth-order valence-electron chi connectivity index (χ4n) is 2.57. The summed E-state index contributed by atoms with van der Waals surface area (Å²) in [5.74, 6) is -0.217. The summed E-state index contributed by atoms with van der Waals surface area (Å²) in [5.41, 5.74) is 8.79. The first kappa shape index (κ1) is 12.5. The lowest BCUT2D eigenvalue weighted by Gasteiger charge is -2.29. The Labute approximate surface area is 117 Å². The van der Waals surface area contributed by atoms with Gasteiger partial charge >= 0.3 is 0 Å². The average Bonchev–Trinajstić information content (AvgIpc) is 2.46. The molecule has 0 spiro atoms. The lowest BCUT2D eigenvalue weighted by Crippen LogP contribution is -2.35. The van der Waals surface area contributed by atoms with E-state index in [4.69, 9.17) is 5.73 Å². The highest BCUT2D eigenvalue weighted by molar-refractivity contribution is 5.97. The van der Waals surface area contributed by atoms with Crippen molar-refractivity contribution in [3.63, 3.8) is 0 Å². The molecule has 0 bridgehead atoms. The molecule has 1 heterocycles. The van der Waals surface area contributed by atoms with Crippen molar-refractivity contribution in [2.75, 3.05) is 12.3 Å². The maximum Gasteiger partial charge on any atom is 0.257 e. The molecule has 20 heavy (non-hydrogen) atoms. The lowest BCUT2D eigenvalue weighted by molar-refractivity contribution is 0.0731. The molecule has 4 nitrogen and oxygen atoms in total. The standard InChI is InChI=1S/C16H16N2O2/c17-13-5-6-14(15(19)9-13)16(20)18-8-7-11-3-1-2-4-12(11)10-18/h1-6,9,19H,7-8,10,17H2. The Kier molecular flexibility index (Phi) is 3.06. The van der Waals surface area contributed by atoms with E-state index in [2.05, 4.69) is 6.07 Å². The molecule has 3 rings (SSSR count). The molecule has 0 saturated carbocycles. The van der Waals surface area contributed by atoms with Gasteiger partial charge in [-0.05, 0) is 29.7 Å². The van der Waals surface area contributed by atoms with Gasteiger partial charge in [-0.3, -0.25) is 4.79 Å². The molecule has 2 aromatic carbocycles. The summed E-state index contributed by atoms with van der Waals surface area (Å²) in [6.45, 7) is 1.25. The average molecular weight is 268 g/mol. The number of fused-ring (bicyclic) bond motifs is 1. The Morgan fingerprint density at radius 1 is 1.15 bits per heavy atom. The number of nitrogens with zero attached hydrogens (tertiary/aromatic N) is 1. The van der Waals surface area contributed by atoms with E-state index in [0.717, 1.165) is 6.42 Å². The maximum atomic E-state index is 12.5. The third kappa shape index (κ3) is 2.20. The largest absolute Gasteiger partial charge is 0.507 e. The summed E-state index contributed by atoms with van der Waals surface area (Å²) in [4.78, 5) is 14.2. The van der Waals surface area contributed by atoms with E-state index < -0.39 is 0 Å². The second kappa shape index (κ2) is 4.89. The minimum absolute atomic E-state index is 0.0612. The van der Waals surface area contributed by atoms with Gasteiger partial charge in [0.1, 0.15) is 5.75 Å². The first-order chi connectivity index (χ1) is 9.65. The molecule has 4 heteroatoms. The topological polar surface area (TPSA) is 66.6 Å². The number of rotatable bonds is 1. The molecule has 2 aromatic rings. The maximum absolute atomic E-state index is 12.5. The summed E-state index contributed by atoms with van der Waals surface area (Å²) in [6, 6.07) is 12.7. The van der Waals surface area contributed by atoms with Gasteiger partial charge < -0.3 is 15.7 Å². The van der Waals surface area contributed by atoms with Crippen molar-refractivity contribution in [3.05, 3.63) is 59.2 Å². The van der Waals surface area contributed by atoms with Crippen LogP contribution in [0.2, 0.25) is 0 Å². The van der Waals surface area contributed by atoms with Crippen LogP contribution in [0.4, 0.5) is 5.69 Å². The summed E-state index contributed by atoms with van der Waals surface area (Å²) in [7, 11) is 0. The number of amides is 1. The van der Waals surface area contributed by atoms with Crippen molar-refractivity contribution in [1.29, 1.82) is 0 Å². The summed E-state index contributed by atoms with van der Waals surface area (Å²) in [6.07, 6.45) is 0.845. The smallest absolute Gasteiger partial charge is 0.257 e. The van der Waals surface area contributed by atoms with Crippen molar-refractivity contribution >= 4 is 11.6 Å². The van der Waals surface area contributed by atoms with Gasteiger partial charge in [-0.2, -0.15) is 0 Å². The highest BCUT2D eigenvalue weighted by atomic mass is 16.3. The van der Waals surface area contributed by atoms with Crippen LogP contribution >= 0.6 is 0 Å². The van der Waals surface area contributed by atoms with Gasteiger partial charge in [0.25, 0.3) is 5.91 Å². The monoisotopic (exact) mass is 268 g/mol. The molecule has 0 aliphatic carbocycles. The van der Waals surface area contributed by atoms with E-state index in [1.54, 1.807) is 17.0 Å². The molecule has 0 atom stereocenters. The van der Waals surface area contributed by atoms with Gasteiger partial charge in [0.2, 0.25) is 0 Å². The number of hydrogen-bond acceptors (Lipinski definition) is 3. The van der Waals surface area contributed by atoms with Gasteiger partial charge in [0.05, 0.1) is 5.56 Å². The predicted octanol–water partition coefficient (Wildman–Crippen LogP) is 2.17. The zero-order valence-electron chi connectivity index (χ0n) is 11.0. The van der Waals surface area contributed by atoms with E-state index in [0.29, 0.717) is 24.3 Å². The summed E-state index contributed by atoms with van der Waals surface area (Å²) >= 11 is 0. The Morgan fingerprint density at radius 3 is 2.65 bits per heavy atom. The van der Waals surface area contributed by atoms with Crippen LogP contribution in [0.3, 0.4) is 0 Å². The SMILES string of the molecule is Nc1ccc(C(=O)N2CCc3ccccc3C2)c(O)c1. The fraction of sp³-hybridized carbons (Fsp3) is 0.188. The molecule has 0 saturated heterocycles. The number of carbonyl (C=O) groups excluding carboxylic acids is 1. The number of nitrogen functional groups attached to an aromatic ring is 1. The van der Waals surface area contributed by atoms with E-state index in [1.807, 2.05) is 18.2 Å². The van der Waals surface area contributed by atoms with Crippen LogP contribution in [-0.2, 0) is 13.0 Å². The molecule has 1 amide bonds. The Bertz CT molecular complexity index is 667. The number of hydrogen-bond donors (Lipinski definition) is 2. The number of phenols is 1. The van der Waals surface area contributed by atoms with Crippen LogP contribution < -0.4 is 5.73 Å². The quantitative estimate of drug-likeness (QED) is 0.779. The fourth-order valence-corrected chi connectivity index (χ4v) is 2.57. The van der Waals surface area contributed by atoms with Gasteiger partial charge in [0, 0.05) is 24.8 Å². The van der Waals surface area contributed by atoms with E-state index in [1.165, 1.54) is 17.2 Å². The normalized spacial score (nSPS) is 13.9. The van der Waals surface area contributed by atoms with Crippen LogP contribution in [0, 0.1) is 0 Å². The van der Waals surface area contributed by atoms with E-state index in [-0.39, 0.29) is 11.7 Å². The molecule has 0 fully saturated rings. The highest BCUT2D eigenvalue weighted by Crippen LogP contribution is 2.25. The first-order valence-corrected chi connectivity index (χ1v) is 6.59. The molecule has 0 unspecified atom stereocenters. The van der Waals surface area contributed by atoms with Crippen LogP contribution in [0.5, 0.6) is 5.75 Å². The number of carbonyl (C=O) groups is 1. The van der Waals surface area contributed by atoms with Crippen LogP contribution in [-0.4, -0.2) is 22.5 Å². The van der Waals surface area contributed by atoms with Crippen LogP contribution in [0.15, 0.2) is 42.5 Å². The number of nitrogens with two attached hydrogens (primary N) is 1. The Morgan fingerprint density at radius 2 is 1.90 bits per heavy atom. The van der Waals surface area contributed by atoms with Crippen molar-refractivity contribution < 1.29 is 9.90 Å². The zero-order valence-corrected chi connectivity index (χ0v) is 11.0. The molecule has 3 N–H and O–H groups in total. The Balaban J connectivity index is 1.86. The van der Waals surface area contributed by atoms with Crippen molar-refractivity contribution in [2.45, 2.75) is 13.0 Å². The number of benzene rings is 2. The van der Waals surface area contributed by atoms with Crippen LogP contribution in [0.1, 0.15) is 21.5 Å². The van der Waals surface area contributed by atoms with Crippen molar-refractivity contribution in [1.82, 2.24) is 4.90 Å². The van der Waals surface area contributed by atoms with Gasteiger partial charge in [-0.15, -0.1) is 0 Å². The predicted molar refractivity (Wildman–Crippen MR) is 77.4 cm³/mol. The molecule has 0 radical (unpaired) electrons. The second-order valence-electron chi connectivity index (χ2n) is 5.02. The lowest BCUT2D eigenvalue weighted by atomic mass is 9.99. The molecular formula is C16H16N2O2. The van der Waals surface area contributed by atoms with Crippen molar-refractivity contribution in [2.24, 2.45) is 0 Å². The number of aromatic hydroxyl groups is 1. The molecule has 102 valence electrons. The number of anilines is 1. The molecule has 1 aliphatic heterocycles. The van der Waals surface area contributed by atoms with E-state index in [9.17, 15) is 9.90 Å². The molecule has 0 aromatic heterocycles. The molecule has 1 aliphatic rings. The first-order valence-electron chi connectivity index (χ1n) is 6.59. The third-order valence-corrected chi connectivity index (χ3v) is 3.67. The minimum atomic E-state index is -0.156. The summed E-state index contributed by atoms with van der Waals surface area (Å²) in [5, 5.41) is 9.86. The van der Waals surface area contributed by atoms with Crippen LogP contribution in [0.25, 0.3) is 0 Å². The zero-order chi connectivity index (χ0) is 14.1. The third-order valence-electron chi connectivity index (χ3n) is 3.67. The van der Waals surface area contributed by atoms with Gasteiger partial charge in [-0.1, -0.05) is 24.3 Å². The van der Waals surface area contributed by atoms with Gasteiger partial charge in [-0.25, -0.2) is 0 Å². The van der Waals surface area contributed by atoms with E-state index >= 15 is 0 Å². The number of phenolic OH excluding ortho intramolecular Hbond substituents is 1. The molecular weight excluding hydrogens is 252 g/mol. The van der Waals surface area contributed by atoms with Crippen molar-refractivity contribution in [3.8, 4) is 5.75 Å². The highest BCUT2D eigenvalue weighted by Gasteiger charge is 2.23.